The Labute approximate surface area is 168 Å². The van der Waals surface area contributed by atoms with Gasteiger partial charge in [-0.25, -0.2) is 0 Å². The molecule has 0 aliphatic heterocycles. The van der Waals surface area contributed by atoms with Crippen LogP contribution in [0.15, 0.2) is 73.1 Å². The molecule has 1 atom stereocenters. The molecular weight excluding hydrogens is 368 g/mol. The molecule has 1 unspecified atom stereocenters. The average Bonchev–Trinajstić information content (AvgIpc) is 2.75. The van der Waals surface area contributed by atoms with Gasteiger partial charge in [0.2, 0.25) is 5.91 Å². The number of rotatable bonds is 7. The Kier molecular flexibility index (Phi) is 6.55. The lowest BCUT2D eigenvalue weighted by molar-refractivity contribution is -0.116. The van der Waals surface area contributed by atoms with Gasteiger partial charge in [0.05, 0.1) is 7.11 Å². The molecule has 0 aliphatic rings. The lowest BCUT2D eigenvalue weighted by Gasteiger charge is -2.13. The highest BCUT2D eigenvalue weighted by Gasteiger charge is 2.13. The molecule has 2 amide bonds. The van der Waals surface area contributed by atoms with Gasteiger partial charge in [0.1, 0.15) is 5.75 Å². The van der Waals surface area contributed by atoms with Crippen LogP contribution in [0.3, 0.4) is 0 Å². The summed E-state index contributed by atoms with van der Waals surface area (Å²) in [6, 6.07) is 16.9. The maximum absolute atomic E-state index is 12.3. The molecule has 1 heterocycles. The summed E-state index contributed by atoms with van der Waals surface area (Å²) >= 11 is 0. The number of carbonyl (C=O) groups is 2. The Bertz CT molecular complexity index is 958. The minimum Gasteiger partial charge on any atom is -0.497 e. The second kappa shape index (κ2) is 9.48. The zero-order chi connectivity index (χ0) is 20.6. The average molecular weight is 390 g/mol. The van der Waals surface area contributed by atoms with Crippen molar-refractivity contribution >= 4 is 23.2 Å². The van der Waals surface area contributed by atoms with E-state index in [2.05, 4.69) is 15.6 Å². The van der Waals surface area contributed by atoms with E-state index in [9.17, 15) is 9.59 Å². The SMILES string of the molecule is COc1ccc(NC(=O)CC(N)c2ccc(C(=O)Nc3ccncc3)cc2)cc1. The third-order valence-corrected chi connectivity index (χ3v) is 4.32. The molecule has 0 radical (unpaired) electrons. The minimum atomic E-state index is -0.481. The summed E-state index contributed by atoms with van der Waals surface area (Å²) in [6.07, 6.45) is 3.33. The van der Waals surface area contributed by atoms with E-state index in [0.29, 0.717) is 22.7 Å². The Morgan fingerprint density at radius 1 is 0.931 bits per heavy atom. The van der Waals surface area contributed by atoms with Gasteiger partial charge in [-0.05, 0) is 54.1 Å². The number of aromatic nitrogens is 1. The topological polar surface area (TPSA) is 106 Å². The van der Waals surface area contributed by atoms with Gasteiger partial charge in [0.25, 0.3) is 5.91 Å². The van der Waals surface area contributed by atoms with Gasteiger partial charge in [-0.2, -0.15) is 0 Å². The maximum atomic E-state index is 12.3. The van der Waals surface area contributed by atoms with Gasteiger partial charge < -0.3 is 21.1 Å². The summed E-state index contributed by atoms with van der Waals surface area (Å²) in [5, 5.41) is 5.60. The van der Waals surface area contributed by atoms with Crippen LogP contribution in [0.25, 0.3) is 0 Å². The molecule has 0 aliphatic carbocycles. The molecule has 7 nitrogen and oxygen atoms in total. The Morgan fingerprint density at radius 2 is 1.55 bits per heavy atom. The number of nitrogens with zero attached hydrogens (tertiary/aromatic N) is 1. The largest absolute Gasteiger partial charge is 0.497 e. The fourth-order valence-corrected chi connectivity index (χ4v) is 2.72. The molecule has 29 heavy (non-hydrogen) atoms. The van der Waals surface area contributed by atoms with Gasteiger partial charge >= 0.3 is 0 Å². The van der Waals surface area contributed by atoms with Gasteiger partial charge in [-0.3, -0.25) is 14.6 Å². The summed E-state index contributed by atoms with van der Waals surface area (Å²) in [4.78, 5) is 28.4. The quantitative estimate of drug-likeness (QED) is 0.573. The number of benzene rings is 2. The standard InChI is InChI=1S/C22H22N4O3/c1-29-19-8-6-17(7-9-19)25-21(27)14-20(23)15-2-4-16(5-3-15)22(28)26-18-10-12-24-13-11-18/h2-13,20H,14,23H2,1H3,(H,25,27)(H,24,26,28). The van der Waals surface area contributed by atoms with E-state index >= 15 is 0 Å². The number of nitrogens with two attached hydrogens (primary N) is 1. The van der Waals surface area contributed by atoms with Crippen molar-refractivity contribution in [3.8, 4) is 5.75 Å². The summed E-state index contributed by atoms with van der Waals surface area (Å²) in [6.45, 7) is 0. The van der Waals surface area contributed by atoms with E-state index in [0.717, 1.165) is 5.56 Å². The first-order chi connectivity index (χ1) is 14.0. The van der Waals surface area contributed by atoms with E-state index in [-0.39, 0.29) is 18.2 Å². The number of methoxy groups -OCH3 is 1. The van der Waals surface area contributed by atoms with Crippen molar-refractivity contribution in [2.24, 2.45) is 5.73 Å². The molecule has 4 N–H and O–H groups in total. The van der Waals surface area contributed by atoms with Crippen molar-refractivity contribution < 1.29 is 14.3 Å². The molecule has 0 saturated heterocycles. The Balaban J connectivity index is 1.55. The normalized spacial score (nSPS) is 11.4. The van der Waals surface area contributed by atoms with Crippen LogP contribution in [0.5, 0.6) is 5.75 Å². The fourth-order valence-electron chi connectivity index (χ4n) is 2.72. The van der Waals surface area contributed by atoms with E-state index in [4.69, 9.17) is 10.5 Å². The van der Waals surface area contributed by atoms with Gasteiger partial charge in [0.15, 0.2) is 0 Å². The van der Waals surface area contributed by atoms with Gasteiger partial charge in [0, 0.05) is 41.8 Å². The first kappa shape index (κ1) is 20.0. The number of amides is 2. The number of carbonyl (C=O) groups excluding carboxylic acids is 2. The van der Waals surface area contributed by atoms with E-state index in [1.165, 1.54) is 0 Å². The fraction of sp³-hybridized carbons (Fsp3) is 0.136. The van der Waals surface area contributed by atoms with Crippen molar-refractivity contribution in [2.45, 2.75) is 12.5 Å². The smallest absolute Gasteiger partial charge is 0.255 e. The third-order valence-electron chi connectivity index (χ3n) is 4.32. The summed E-state index contributed by atoms with van der Waals surface area (Å²) < 4.78 is 5.09. The molecule has 2 aromatic carbocycles. The van der Waals surface area contributed by atoms with Crippen molar-refractivity contribution in [1.82, 2.24) is 4.98 Å². The number of nitrogens with one attached hydrogen (secondary N) is 2. The first-order valence-electron chi connectivity index (χ1n) is 9.06. The monoisotopic (exact) mass is 390 g/mol. The zero-order valence-corrected chi connectivity index (χ0v) is 16.0. The number of anilines is 2. The highest BCUT2D eigenvalue weighted by Crippen LogP contribution is 2.19. The van der Waals surface area contributed by atoms with Crippen molar-refractivity contribution in [1.29, 1.82) is 0 Å². The van der Waals surface area contributed by atoms with Gasteiger partial charge in [-0.1, -0.05) is 12.1 Å². The Morgan fingerprint density at radius 3 is 2.17 bits per heavy atom. The first-order valence-corrected chi connectivity index (χ1v) is 9.06. The molecule has 3 rings (SSSR count). The highest BCUT2D eigenvalue weighted by atomic mass is 16.5. The van der Waals surface area contributed by atoms with Crippen LogP contribution in [0.4, 0.5) is 11.4 Å². The van der Waals surface area contributed by atoms with Crippen molar-refractivity contribution in [3.63, 3.8) is 0 Å². The molecule has 1 aromatic heterocycles. The lowest BCUT2D eigenvalue weighted by atomic mass is 10.0. The van der Waals surface area contributed by atoms with Crippen LogP contribution >= 0.6 is 0 Å². The van der Waals surface area contributed by atoms with E-state index in [1.54, 1.807) is 80.2 Å². The second-order valence-electron chi connectivity index (χ2n) is 6.40. The number of hydrogen-bond acceptors (Lipinski definition) is 5. The number of hydrogen-bond donors (Lipinski definition) is 3. The van der Waals surface area contributed by atoms with E-state index < -0.39 is 6.04 Å². The molecule has 7 heteroatoms. The molecule has 3 aromatic rings. The number of ether oxygens (including phenoxy) is 1. The van der Waals surface area contributed by atoms with Crippen LogP contribution in [-0.4, -0.2) is 23.9 Å². The van der Waals surface area contributed by atoms with E-state index in [1.807, 2.05) is 0 Å². The van der Waals surface area contributed by atoms with Crippen molar-refractivity contribution in [2.75, 3.05) is 17.7 Å². The molecule has 148 valence electrons. The molecular formula is C22H22N4O3. The van der Waals surface area contributed by atoms with Gasteiger partial charge in [-0.15, -0.1) is 0 Å². The molecule has 0 bridgehead atoms. The lowest BCUT2D eigenvalue weighted by Crippen LogP contribution is -2.20. The van der Waals surface area contributed by atoms with Crippen LogP contribution in [0.2, 0.25) is 0 Å². The summed E-state index contributed by atoms with van der Waals surface area (Å²) in [5.41, 5.74) is 8.77. The van der Waals surface area contributed by atoms with Crippen LogP contribution in [0.1, 0.15) is 28.4 Å². The predicted molar refractivity (Wildman–Crippen MR) is 112 cm³/mol. The molecule has 0 spiro atoms. The molecule has 0 fully saturated rings. The maximum Gasteiger partial charge on any atom is 0.255 e. The van der Waals surface area contributed by atoms with Crippen LogP contribution in [0, 0.1) is 0 Å². The highest BCUT2D eigenvalue weighted by molar-refractivity contribution is 6.04. The van der Waals surface area contributed by atoms with Crippen molar-refractivity contribution in [3.05, 3.63) is 84.2 Å². The predicted octanol–water partition coefficient (Wildman–Crippen LogP) is 3.37. The Hall–Kier alpha value is -3.71. The molecule has 0 saturated carbocycles. The van der Waals surface area contributed by atoms with Crippen LogP contribution < -0.4 is 21.1 Å². The second-order valence-corrected chi connectivity index (χ2v) is 6.40. The number of pyridine rings is 1. The summed E-state index contributed by atoms with van der Waals surface area (Å²) in [5.74, 6) is 0.295. The summed E-state index contributed by atoms with van der Waals surface area (Å²) in [7, 11) is 1.58. The third kappa shape index (κ3) is 5.63. The van der Waals surface area contributed by atoms with Crippen LogP contribution in [-0.2, 0) is 4.79 Å². The zero-order valence-electron chi connectivity index (χ0n) is 16.0. The minimum absolute atomic E-state index is 0.120.